The minimum absolute atomic E-state index is 0.145. The van der Waals surface area contributed by atoms with Crippen molar-refractivity contribution >= 4 is 11.9 Å². The van der Waals surface area contributed by atoms with Gasteiger partial charge in [-0.3, -0.25) is 14.6 Å². The third kappa shape index (κ3) is 3.26. The van der Waals surface area contributed by atoms with E-state index in [0.717, 1.165) is 12.3 Å². The summed E-state index contributed by atoms with van der Waals surface area (Å²) in [7, 11) is 0. The lowest BCUT2D eigenvalue weighted by atomic mass is 10.4. The average Bonchev–Trinajstić information content (AvgIpc) is 2.25. The van der Waals surface area contributed by atoms with Crippen molar-refractivity contribution in [2.45, 2.75) is 6.92 Å². The molecule has 0 spiro atoms. The number of carbonyl (C=O) groups is 2. The molecular weight excluding hydrogens is 228 g/mol. The average molecular weight is 238 g/mol. The van der Waals surface area contributed by atoms with E-state index in [1.54, 1.807) is 0 Å². The Morgan fingerprint density at radius 2 is 2.12 bits per heavy atom. The molecule has 0 amide bonds. The van der Waals surface area contributed by atoms with Crippen LogP contribution in [0.5, 0.6) is 0 Å². The number of hydrogen-bond donors (Lipinski definition) is 1. The lowest BCUT2D eigenvalue weighted by molar-refractivity contribution is -0.137. The molecule has 0 aliphatic heterocycles. The molecule has 1 aromatic rings. The Morgan fingerprint density at radius 1 is 1.47 bits per heavy atom. The van der Waals surface area contributed by atoms with Gasteiger partial charge in [0.05, 0.1) is 0 Å². The van der Waals surface area contributed by atoms with E-state index in [9.17, 15) is 19.2 Å². The molecule has 1 rings (SSSR count). The summed E-state index contributed by atoms with van der Waals surface area (Å²) in [5.74, 6) is -1.49. The molecule has 1 N–H and O–H groups in total. The van der Waals surface area contributed by atoms with E-state index in [2.05, 4.69) is 11.3 Å². The third-order valence-electron chi connectivity index (χ3n) is 1.77. The Morgan fingerprint density at radius 3 is 2.65 bits per heavy atom. The molecule has 0 fully saturated rings. The van der Waals surface area contributed by atoms with E-state index in [1.165, 1.54) is 6.92 Å². The summed E-state index contributed by atoms with van der Waals surface area (Å²) in [6.45, 7) is 4.16. The van der Waals surface area contributed by atoms with E-state index >= 15 is 0 Å². The van der Waals surface area contributed by atoms with Crippen LogP contribution in [0, 0.1) is 0 Å². The fourth-order valence-corrected chi connectivity index (χ4v) is 0.934. The van der Waals surface area contributed by atoms with Crippen LogP contribution in [0.15, 0.2) is 34.0 Å². The molecule has 17 heavy (non-hydrogen) atoms. The molecule has 0 bridgehead atoms. The Balaban J connectivity index is 2.78. The van der Waals surface area contributed by atoms with Crippen molar-refractivity contribution in [3.05, 3.63) is 45.3 Å². The quantitative estimate of drug-likeness (QED) is 0.554. The molecule has 0 aliphatic carbocycles. The van der Waals surface area contributed by atoms with E-state index in [0.29, 0.717) is 4.57 Å². The van der Waals surface area contributed by atoms with Crippen molar-refractivity contribution in [2.75, 3.05) is 6.61 Å². The van der Waals surface area contributed by atoms with Crippen LogP contribution in [0.25, 0.3) is 0 Å². The van der Waals surface area contributed by atoms with Gasteiger partial charge in [0.25, 0.3) is 11.5 Å². The van der Waals surface area contributed by atoms with E-state index in [4.69, 9.17) is 0 Å². The molecule has 7 nitrogen and oxygen atoms in total. The first-order valence-electron chi connectivity index (χ1n) is 4.59. The molecule has 0 atom stereocenters. The SMILES string of the molecule is C=C(C)C(=O)OCC(=O)n1ccc(=O)[nH]c1=O. The van der Waals surface area contributed by atoms with Crippen molar-refractivity contribution in [2.24, 2.45) is 0 Å². The van der Waals surface area contributed by atoms with Gasteiger partial charge in [0.1, 0.15) is 0 Å². The second-order valence-electron chi connectivity index (χ2n) is 3.23. The largest absolute Gasteiger partial charge is 0.452 e. The van der Waals surface area contributed by atoms with Crippen LogP contribution >= 0.6 is 0 Å². The van der Waals surface area contributed by atoms with Gasteiger partial charge in [-0.05, 0) is 6.92 Å². The fourth-order valence-electron chi connectivity index (χ4n) is 0.934. The van der Waals surface area contributed by atoms with Gasteiger partial charge >= 0.3 is 11.7 Å². The molecule has 0 aliphatic rings. The Bertz CT molecular complexity index is 581. The van der Waals surface area contributed by atoms with E-state index < -0.39 is 29.7 Å². The number of carbonyl (C=O) groups excluding carboxylic acids is 2. The molecule has 0 aromatic carbocycles. The number of ether oxygens (including phenoxy) is 1. The zero-order valence-electron chi connectivity index (χ0n) is 9.06. The van der Waals surface area contributed by atoms with Crippen molar-refractivity contribution in [1.29, 1.82) is 0 Å². The number of esters is 1. The topological polar surface area (TPSA) is 98.2 Å². The van der Waals surface area contributed by atoms with Crippen molar-refractivity contribution in [3.8, 4) is 0 Å². The smallest absolute Gasteiger partial charge is 0.335 e. The van der Waals surface area contributed by atoms with Gasteiger partial charge < -0.3 is 4.74 Å². The Hall–Kier alpha value is -2.44. The first kappa shape index (κ1) is 12.6. The summed E-state index contributed by atoms with van der Waals surface area (Å²) in [5, 5.41) is 0. The number of aromatic amines is 1. The van der Waals surface area contributed by atoms with Gasteiger partial charge in [0.15, 0.2) is 6.61 Å². The van der Waals surface area contributed by atoms with Gasteiger partial charge in [-0.2, -0.15) is 0 Å². The summed E-state index contributed by atoms with van der Waals surface area (Å²) in [5.41, 5.74) is -1.35. The van der Waals surface area contributed by atoms with E-state index in [-0.39, 0.29) is 5.57 Å². The zero-order chi connectivity index (χ0) is 13.0. The number of nitrogens with one attached hydrogen (secondary N) is 1. The van der Waals surface area contributed by atoms with Crippen LogP contribution in [0.1, 0.15) is 11.7 Å². The molecule has 0 saturated heterocycles. The van der Waals surface area contributed by atoms with Crippen LogP contribution in [-0.4, -0.2) is 28.0 Å². The summed E-state index contributed by atoms with van der Waals surface area (Å²) < 4.78 is 5.21. The number of aromatic nitrogens is 2. The van der Waals surface area contributed by atoms with Crippen molar-refractivity contribution in [1.82, 2.24) is 9.55 Å². The van der Waals surface area contributed by atoms with Crippen molar-refractivity contribution in [3.63, 3.8) is 0 Å². The Labute approximate surface area is 95.3 Å². The highest BCUT2D eigenvalue weighted by Crippen LogP contribution is 1.92. The molecule has 90 valence electrons. The summed E-state index contributed by atoms with van der Waals surface area (Å²) in [6.07, 6.45) is 1.01. The highest BCUT2D eigenvalue weighted by Gasteiger charge is 2.11. The lowest BCUT2D eigenvalue weighted by Crippen LogP contribution is -2.35. The lowest BCUT2D eigenvalue weighted by Gasteiger charge is -2.04. The standard InChI is InChI=1S/C10H10N2O5/c1-6(2)9(15)17-5-8(14)12-4-3-7(13)11-10(12)16/h3-4H,1,5H2,2H3,(H,11,13,16). The maximum atomic E-state index is 11.4. The fraction of sp³-hybridized carbons (Fsp3) is 0.200. The Kier molecular flexibility index (Phi) is 3.76. The van der Waals surface area contributed by atoms with Gasteiger partial charge in [0.2, 0.25) is 0 Å². The minimum atomic E-state index is -0.881. The predicted octanol–water partition coefficient (Wildman–Crippen LogP) is -0.704. The maximum Gasteiger partial charge on any atom is 0.335 e. The van der Waals surface area contributed by atoms with Gasteiger partial charge in [-0.15, -0.1) is 0 Å². The van der Waals surface area contributed by atoms with Gasteiger partial charge in [0, 0.05) is 17.8 Å². The molecule has 0 unspecified atom stereocenters. The van der Waals surface area contributed by atoms with Crippen molar-refractivity contribution < 1.29 is 14.3 Å². The summed E-state index contributed by atoms with van der Waals surface area (Å²) in [4.78, 5) is 46.3. The number of hydrogen-bond acceptors (Lipinski definition) is 5. The second-order valence-corrected chi connectivity index (χ2v) is 3.23. The number of rotatable bonds is 3. The summed E-state index contributed by atoms with van der Waals surface area (Å²) >= 11 is 0. The molecule has 0 radical (unpaired) electrons. The molecular formula is C10H10N2O5. The molecule has 1 heterocycles. The van der Waals surface area contributed by atoms with Crippen LogP contribution in [-0.2, 0) is 9.53 Å². The van der Waals surface area contributed by atoms with Crippen LogP contribution in [0.4, 0.5) is 0 Å². The molecule has 0 saturated carbocycles. The van der Waals surface area contributed by atoms with Crippen LogP contribution in [0.3, 0.4) is 0 Å². The maximum absolute atomic E-state index is 11.4. The first-order valence-corrected chi connectivity index (χ1v) is 4.59. The van der Waals surface area contributed by atoms with Gasteiger partial charge in [-0.1, -0.05) is 6.58 Å². The monoisotopic (exact) mass is 238 g/mol. The minimum Gasteiger partial charge on any atom is -0.452 e. The number of H-pyrrole nitrogens is 1. The third-order valence-corrected chi connectivity index (χ3v) is 1.77. The zero-order valence-corrected chi connectivity index (χ0v) is 9.06. The predicted molar refractivity (Wildman–Crippen MR) is 57.7 cm³/mol. The van der Waals surface area contributed by atoms with E-state index in [1.807, 2.05) is 4.98 Å². The van der Waals surface area contributed by atoms with Crippen LogP contribution in [0.2, 0.25) is 0 Å². The highest BCUT2D eigenvalue weighted by atomic mass is 16.5. The van der Waals surface area contributed by atoms with Gasteiger partial charge in [-0.25, -0.2) is 14.2 Å². The normalized spacial score (nSPS) is 9.71. The highest BCUT2D eigenvalue weighted by molar-refractivity contribution is 5.89. The molecule has 7 heteroatoms. The first-order chi connectivity index (χ1) is 7.91. The van der Waals surface area contributed by atoms with Crippen LogP contribution < -0.4 is 11.2 Å². The number of nitrogens with zero attached hydrogens (tertiary/aromatic N) is 1. The molecule has 1 aromatic heterocycles. The second kappa shape index (κ2) is 5.06. The summed E-state index contributed by atoms with van der Waals surface area (Å²) in [6, 6.07) is 1.01.